The van der Waals surface area contributed by atoms with E-state index >= 15 is 0 Å². The summed E-state index contributed by atoms with van der Waals surface area (Å²) in [6.07, 6.45) is 0. The molecule has 0 spiro atoms. The van der Waals surface area contributed by atoms with Crippen molar-refractivity contribution in [3.63, 3.8) is 0 Å². The molecule has 3 nitrogen and oxygen atoms in total. The van der Waals surface area contributed by atoms with Gasteiger partial charge in [0.15, 0.2) is 0 Å². The van der Waals surface area contributed by atoms with Gasteiger partial charge in [0.2, 0.25) is 9.84 Å². The van der Waals surface area contributed by atoms with Gasteiger partial charge in [0.1, 0.15) is 16.2 Å². The van der Waals surface area contributed by atoms with E-state index in [2.05, 4.69) is 0 Å². The second kappa shape index (κ2) is 5.21. The molecule has 4 heteroatoms. The Bertz CT molecular complexity index is 1180. The number of aryl methyl sites for hydroxylation is 2. The van der Waals surface area contributed by atoms with E-state index in [9.17, 15) is 8.42 Å². The summed E-state index contributed by atoms with van der Waals surface area (Å²) in [5.74, 6) is 0.419. The van der Waals surface area contributed by atoms with E-state index < -0.39 is 9.84 Å². The Hall–Kier alpha value is -2.59. The maximum atomic E-state index is 13.3. The highest BCUT2D eigenvalue weighted by Gasteiger charge is 2.27. The highest BCUT2D eigenvalue weighted by molar-refractivity contribution is 7.91. The number of benzene rings is 3. The smallest absolute Gasteiger partial charge is 0.210 e. The van der Waals surface area contributed by atoms with E-state index in [0.717, 1.165) is 16.3 Å². The number of rotatable bonds is 2. The van der Waals surface area contributed by atoms with Gasteiger partial charge in [-0.05, 0) is 48.4 Å². The SMILES string of the molecule is Cc1cccc(S(=O)(=O)c2c(C)oc3ccc4ccccc4c23)c1. The second-order valence-corrected chi connectivity index (χ2v) is 7.85. The Kier molecular flexibility index (Phi) is 3.25. The maximum absolute atomic E-state index is 13.3. The average Bonchev–Trinajstić information content (AvgIpc) is 2.92. The van der Waals surface area contributed by atoms with Crippen molar-refractivity contribution < 1.29 is 12.8 Å². The molecule has 0 aliphatic carbocycles. The Morgan fingerprint density at radius 1 is 0.875 bits per heavy atom. The highest BCUT2D eigenvalue weighted by atomic mass is 32.2. The topological polar surface area (TPSA) is 47.3 Å². The van der Waals surface area contributed by atoms with Crippen LogP contribution in [0.3, 0.4) is 0 Å². The van der Waals surface area contributed by atoms with E-state index in [0.29, 0.717) is 21.6 Å². The van der Waals surface area contributed by atoms with E-state index in [1.54, 1.807) is 25.1 Å². The lowest BCUT2D eigenvalue weighted by Gasteiger charge is -2.06. The van der Waals surface area contributed by atoms with Crippen LogP contribution >= 0.6 is 0 Å². The molecule has 24 heavy (non-hydrogen) atoms. The lowest BCUT2D eigenvalue weighted by atomic mass is 10.1. The largest absolute Gasteiger partial charge is 0.460 e. The Balaban J connectivity index is 2.13. The number of hydrogen-bond donors (Lipinski definition) is 0. The molecule has 0 amide bonds. The van der Waals surface area contributed by atoms with Crippen LogP contribution < -0.4 is 0 Å². The van der Waals surface area contributed by atoms with Crippen LogP contribution in [0.1, 0.15) is 11.3 Å². The number of sulfone groups is 1. The first-order valence-corrected chi connectivity index (χ1v) is 9.19. The summed E-state index contributed by atoms with van der Waals surface area (Å²) in [5, 5.41) is 2.54. The van der Waals surface area contributed by atoms with Crippen LogP contribution in [0, 0.1) is 13.8 Å². The fraction of sp³-hybridized carbons (Fsp3) is 0.100. The molecule has 0 aliphatic rings. The molecule has 0 fully saturated rings. The summed E-state index contributed by atoms with van der Waals surface area (Å²) in [7, 11) is -3.66. The molecule has 0 atom stereocenters. The van der Waals surface area contributed by atoms with Gasteiger partial charge in [-0.3, -0.25) is 0 Å². The monoisotopic (exact) mass is 336 g/mol. The molecular weight excluding hydrogens is 320 g/mol. The van der Waals surface area contributed by atoms with Gasteiger partial charge < -0.3 is 4.42 Å². The van der Waals surface area contributed by atoms with Gasteiger partial charge in [-0.25, -0.2) is 8.42 Å². The fourth-order valence-corrected chi connectivity index (χ4v) is 4.92. The van der Waals surface area contributed by atoms with Crippen molar-refractivity contribution in [2.75, 3.05) is 0 Å². The van der Waals surface area contributed by atoms with Gasteiger partial charge in [0.25, 0.3) is 0 Å². The third-order valence-electron chi connectivity index (χ3n) is 4.27. The predicted molar refractivity (Wildman–Crippen MR) is 95.1 cm³/mol. The van der Waals surface area contributed by atoms with Crippen molar-refractivity contribution in [1.29, 1.82) is 0 Å². The molecule has 1 heterocycles. The molecular formula is C20H16O3S. The van der Waals surface area contributed by atoms with Crippen LogP contribution in [0.25, 0.3) is 21.7 Å². The van der Waals surface area contributed by atoms with Crippen LogP contribution in [0.5, 0.6) is 0 Å². The average molecular weight is 336 g/mol. The van der Waals surface area contributed by atoms with Crippen LogP contribution in [-0.2, 0) is 9.84 Å². The van der Waals surface area contributed by atoms with Crippen LogP contribution in [0.2, 0.25) is 0 Å². The molecule has 4 rings (SSSR count). The van der Waals surface area contributed by atoms with Gasteiger partial charge in [-0.2, -0.15) is 0 Å². The molecule has 0 unspecified atom stereocenters. The number of furan rings is 1. The van der Waals surface area contributed by atoms with Crippen molar-refractivity contribution in [3.05, 3.63) is 72.0 Å². The predicted octanol–water partition coefficient (Wildman–Crippen LogP) is 5.04. The molecule has 0 saturated carbocycles. The van der Waals surface area contributed by atoms with Crippen molar-refractivity contribution in [2.24, 2.45) is 0 Å². The minimum Gasteiger partial charge on any atom is -0.460 e. The molecule has 120 valence electrons. The molecule has 0 radical (unpaired) electrons. The van der Waals surface area contributed by atoms with E-state index in [1.165, 1.54) is 0 Å². The summed E-state index contributed by atoms with van der Waals surface area (Å²) < 4.78 is 32.3. The molecule has 0 aliphatic heterocycles. The highest BCUT2D eigenvalue weighted by Crippen LogP contribution is 2.38. The minimum atomic E-state index is -3.66. The zero-order valence-corrected chi connectivity index (χ0v) is 14.2. The molecule has 0 saturated heterocycles. The Morgan fingerprint density at radius 2 is 1.67 bits per heavy atom. The number of hydrogen-bond acceptors (Lipinski definition) is 3. The van der Waals surface area contributed by atoms with E-state index in [4.69, 9.17) is 4.42 Å². The second-order valence-electron chi connectivity index (χ2n) is 5.97. The first-order valence-electron chi connectivity index (χ1n) is 7.71. The molecule has 4 aromatic rings. The fourth-order valence-electron chi connectivity index (χ4n) is 3.18. The minimum absolute atomic E-state index is 0.264. The van der Waals surface area contributed by atoms with Crippen molar-refractivity contribution in [3.8, 4) is 0 Å². The zero-order valence-electron chi connectivity index (χ0n) is 13.4. The molecule has 0 N–H and O–H groups in total. The summed E-state index contributed by atoms with van der Waals surface area (Å²) >= 11 is 0. The first kappa shape index (κ1) is 15.0. The molecule has 3 aromatic carbocycles. The third kappa shape index (κ3) is 2.14. The first-order chi connectivity index (χ1) is 11.5. The quantitative estimate of drug-likeness (QED) is 0.515. The van der Waals surface area contributed by atoms with E-state index in [-0.39, 0.29) is 4.90 Å². The van der Waals surface area contributed by atoms with Gasteiger partial charge >= 0.3 is 0 Å². The Morgan fingerprint density at radius 3 is 2.46 bits per heavy atom. The van der Waals surface area contributed by atoms with Crippen LogP contribution in [0.15, 0.2) is 74.9 Å². The van der Waals surface area contributed by atoms with Gasteiger partial charge in [0.05, 0.1) is 4.90 Å². The summed E-state index contributed by atoms with van der Waals surface area (Å²) in [5.41, 5.74) is 1.50. The maximum Gasteiger partial charge on any atom is 0.210 e. The van der Waals surface area contributed by atoms with Crippen molar-refractivity contribution in [2.45, 2.75) is 23.6 Å². The summed E-state index contributed by atoms with van der Waals surface area (Å²) in [6.45, 7) is 3.59. The van der Waals surface area contributed by atoms with Crippen LogP contribution in [0.4, 0.5) is 0 Å². The molecule has 0 bridgehead atoms. The Labute approximate surface area is 140 Å². The van der Waals surface area contributed by atoms with Crippen molar-refractivity contribution in [1.82, 2.24) is 0 Å². The number of fused-ring (bicyclic) bond motifs is 3. The summed E-state index contributed by atoms with van der Waals surface area (Å²) in [6, 6.07) is 18.5. The lowest BCUT2D eigenvalue weighted by molar-refractivity contribution is 0.557. The van der Waals surface area contributed by atoms with Gasteiger partial charge in [0, 0.05) is 5.39 Å². The van der Waals surface area contributed by atoms with E-state index in [1.807, 2.05) is 49.4 Å². The van der Waals surface area contributed by atoms with Crippen LogP contribution in [-0.4, -0.2) is 8.42 Å². The lowest BCUT2D eigenvalue weighted by Crippen LogP contribution is -2.03. The van der Waals surface area contributed by atoms with Gasteiger partial charge in [-0.15, -0.1) is 0 Å². The third-order valence-corrected chi connectivity index (χ3v) is 6.17. The molecule has 1 aromatic heterocycles. The summed E-state index contributed by atoms with van der Waals surface area (Å²) in [4.78, 5) is 0.557. The standard InChI is InChI=1S/C20H16O3S/c1-13-6-5-8-16(12-13)24(21,22)20-14(2)23-18-11-10-15-7-3-4-9-17(15)19(18)20/h3-12H,1-2H3. The normalized spacial score (nSPS) is 12.1. The zero-order chi connectivity index (χ0) is 16.9. The van der Waals surface area contributed by atoms with Crippen molar-refractivity contribution >= 4 is 31.6 Å². The van der Waals surface area contributed by atoms with Gasteiger partial charge in [-0.1, -0.05) is 42.5 Å².